The molecule has 4 heteroatoms. The maximum Gasteiger partial charge on any atom is 0.0722 e. The lowest BCUT2D eigenvalue weighted by atomic mass is 10.0. The molecule has 108 valence electrons. The van der Waals surface area contributed by atoms with Crippen LogP contribution < -0.4 is 5.32 Å². The van der Waals surface area contributed by atoms with Gasteiger partial charge in [0.05, 0.1) is 11.2 Å². The third-order valence-electron chi connectivity index (χ3n) is 3.85. The Hall–Kier alpha value is -1.40. The van der Waals surface area contributed by atoms with E-state index in [1.165, 1.54) is 20.0 Å². The molecule has 21 heavy (non-hydrogen) atoms. The lowest BCUT2D eigenvalue weighted by Crippen LogP contribution is -2.19. The number of halogens is 1. The summed E-state index contributed by atoms with van der Waals surface area (Å²) >= 11 is 2.33. The first-order valence-electron chi connectivity index (χ1n) is 7.02. The Morgan fingerprint density at radius 3 is 2.57 bits per heavy atom. The zero-order valence-corrected chi connectivity index (χ0v) is 14.3. The van der Waals surface area contributed by atoms with Gasteiger partial charge in [-0.1, -0.05) is 30.3 Å². The lowest BCUT2D eigenvalue weighted by Gasteiger charge is -2.15. The predicted octanol–water partition coefficient (Wildman–Crippen LogP) is 3.68. The zero-order chi connectivity index (χ0) is 14.8. The Balaban J connectivity index is 1.94. The molecule has 0 amide bonds. The molecule has 1 aromatic heterocycles. The van der Waals surface area contributed by atoms with Crippen molar-refractivity contribution < 1.29 is 0 Å². The largest absolute Gasteiger partial charge is 0.313 e. The van der Waals surface area contributed by atoms with Crippen molar-refractivity contribution in [3.63, 3.8) is 0 Å². The molecule has 1 unspecified atom stereocenters. The smallest absolute Gasteiger partial charge is 0.0722 e. The van der Waals surface area contributed by atoms with Crippen LogP contribution in [-0.2, 0) is 13.5 Å². The topological polar surface area (TPSA) is 29.9 Å². The highest BCUT2D eigenvalue weighted by atomic mass is 127. The summed E-state index contributed by atoms with van der Waals surface area (Å²) in [5, 5.41) is 9.35. The van der Waals surface area contributed by atoms with Gasteiger partial charge >= 0.3 is 0 Å². The van der Waals surface area contributed by atoms with E-state index in [1.807, 2.05) is 18.8 Å². The third-order valence-corrected chi connectivity index (χ3v) is 4.57. The Labute approximate surface area is 138 Å². The summed E-state index contributed by atoms with van der Waals surface area (Å²) < 4.78 is 3.22. The second-order valence-corrected chi connectivity index (χ2v) is 6.43. The van der Waals surface area contributed by atoms with Crippen molar-refractivity contribution in [2.45, 2.75) is 12.5 Å². The van der Waals surface area contributed by atoms with Gasteiger partial charge in [-0.15, -0.1) is 0 Å². The fourth-order valence-electron chi connectivity index (χ4n) is 2.71. The number of rotatable bonds is 4. The van der Waals surface area contributed by atoms with Crippen LogP contribution in [0.15, 0.2) is 48.5 Å². The van der Waals surface area contributed by atoms with Gasteiger partial charge < -0.3 is 5.32 Å². The summed E-state index contributed by atoms with van der Waals surface area (Å²) in [5.41, 5.74) is 3.63. The molecule has 0 aliphatic rings. The van der Waals surface area contributed by atoms with Crippen molar-refractivity contribution in [1.29, 1.82) is 0 Å². The fraction of sp³-hybridized carbons (Fsp3) is 0.235. The van der Waals surface area contributed by atoms with Gasteiger partial charge in [0, 0.05) is 28.5 Å². The molecule has 0 aliphatic heterocycles. The Morgan fingerprint density at radius 1 is 1.14 bits per heavy atom. The van der Waals surface area contributed by atoms with E-state index in [2.05, 4.69) is 76.4 Å². The van der Waals surface area contributed by atoms with Gasteiger partial charge in [0.1, 0.15) is 0 Å². The minimum atomic E-state index is 0.278. The number of likely N-dealkylation sites (N-methyl/N-ethyl adjacent to an activating group) is 1. The number of nitrogens with zero attached hydrogens (tertiary/aromatic N) is 2. The predicted molar refractivity (Wildman–Crippen MR) is 95.4 cm³/mol. The Morgan fingerprint density at radius 2 is 1.86 bits per heavy atom. The number of benzene rings is 2. The van der Waals surface area contributed by atoms with Gasteiger partial charge in [-0.3, -0.25) is 4.68 Å². The second-order valence-electron chi connectivity index (χ2n) is 5.18. The standard InChI is InChI=1S/C17H18IN3/c1-19-15(12-7-9-13(18)10-8-12)11-16-14-5-3-4-6-17(14)21(2)20-16/h3-10,15,19H,11H2,1-2H3. The summed E-state index contributed by atoms with van der Waals surface area (Å²) in [6.45, 7) is 0. The highest BCUT2D eigenvalue weighted by Gasteiger charge is 2.15. The number of para-hydroxylation sites is 1. The van der Waals surface area contributed by atoms with Crippen molar-refractivity contribution in [3.05, 3.63) is 63.4 Å². The van der Waals surface area contributed by atoms with Crippen LogP contribution in [0.25, 0.3) is 10.9 Å². The average molecular weight is 391 g/mol. The van der Waals surface area contributed by atoms with E-state index in [-0.39, 0.29) is 6.04 Å². The number of aromatic nitrogens is 2. The molecule has 0 aliphatic carbocycles. The van der Waals surface area contributed by atoms with Crippen molar-refractivity contribution in [2.24, 2.45) is 7.05 Å². The highest BCUT2D eigenvalue weighted by Crippen LogP contribution is 2.24. The van der Waals surface area contributed by atoms with Crippen molar-refractivity contribution in [2.75, 3.05) is 7.05 Å². The normalized spacial score (nSPS) is 12.7. The van der Waals surface area contributed by atoms with Gasteiger partial charge in [-0.05, 0) is 53.4 Å². The molecular formula is C17H18IN3. The number of nitrogens with one attached hydrogen (secondary N) is 1. The van der Waals surface area contributed by atoms with Crippen LogP contribution in [0.1, 0.15) is 17.3 Å². The minimum Gasteiger partial charge on any atom is -0.313 e. The molecule has 0 fully saturated rings. The highest BCUT2D eigenvalue weighted by molar-refractivity contribution is 14.1. The molecule has 3 nitrogen and oxygen atoms in total. The molecule has 0 bridgehead atoms. The monoisotopic (exact) mass is 391 g/mol. The Kier molecular flexibility index (Phi) is 4.26. The number of fused-ring (bicyclic) bond motifs is 1. The average Bonchev–Trinajstić information content (AvgIpc) is 2.83. The minimum absolute atomic E-state index is 0.278. The number of hydrogen-bond donors (Lipinski definition) is 1. The van der Waals surface area contributed by atoms with E-state index < -0.39 is 0 Å². The van der Waals surface area contributed by atoms with Crippen LogP contribution in [0.5, 0.6) is 0 Å². The second kappa shape index (κ2) is 6.15. The van der Waals surface area contributed by atoms with Crippen molar-refractivity contribution in [1.82, 2.24) is 15.1 Å². The molecule has 0 saturated heterocycles. The van der Waals surface area contributed by atoms with Crippen molar-refractivity contribution in [3.8, 4) is 0 Å². The van der Waals surface area contributed by atoms with Gasteiger partial charge in [-0.2, -0.15) is 5.10 Å². The molecule has 0 saturated carbocycles. The molecule has 2 aromatic carbocycles. The molecule has 0 radical (unpaired) electrons. The van der Waals surface area contributed by atoms with Crippen LogP contribution in [0, 0.1) is 3.57 Å². The third kappa shape index (κ3) is 2.96. The summed E-state index contributed by atoms with van der Waals surface area (Å²) in [5.74, 6) is 0. The van der Waals surface area contributed by atoms with E-state index >= 15 is 0 Å². The molecular weight excluding hydrogens is 373 g/mol. The van der Waals surface area contributed by atoms with Gasteiger partial charge in [0.25, 0.3) is 0 Å². The summed E-state index contributed by atoms with van der Waals surface area (Å²) in [6, 6.07) is 17.4. The molecule has 3 rings (SSSR count). The van der Waals surface area contributed by atoms with Crippen molar-refractivity contribution >= 4 is 33.5 Å². The number of aryl methyl sites for hydroxylation is 1. The lowest BCUT2D eigenvalue weighted by molar-refractivity contribution is 0.579. The Bertz CT molecular complexity index is 746. The maximum absolute atomic E-state index is 4.70. The quantitative estimate of drug-likeness (QED) is 0.688. The van der Waals surface area contributed by atoms with Crippen LogP contribution in [0.2, 0.25) is 0 Å². The molecule has 1 heterocycles. The molecule has 3 aromatic rings. The van der Waals surface area contributed by atoms with Crippen LogP contribution in [0.4, 0.5) is 0 Å². The van der Waals surface area contributed by atoms with Gasteiger partial charge in [0.15, 0.2) is 0 Å². The number of hydrogen-bond acceptors (Lipinski definition) is 2. The van der Waals surface area contributed by atoms with E-state index in [9.17, 15) is 0 Å². The zero-order valence-electron chi connectivity index (χ0n) is 12.2. The first kappa shape index (κ1) is 14.5. The van der Waals surface area contributed by atoms with E-state index in [0.717, 1.165) is 12.1 Å². The van der Waals surface area contributed by atoms with E-state index in [0.29, 0.717) is 0 Å². The summed E-state index contributed by atoms with van der Waals surface area (Å²) in [6.07, 6.45) is 0.887. The maximum atomic E-state index is 4.70. The summed E-state index contributed by atoms with van der Waals surface area (Å²) in [4.78, 5) is 0. The van der Waals surface area contributed by atoms with Crippen LogP contribution >= 0.6 is 22.6 Å². The van der Waals surface area contributed by atoms with Gasteiger partial charge in [-0.25, -0.2) is 0 Å². The molecule has 1 atom stereocenters. The fourth-order valence-corrected chi connectivity index (χ4v) is 3.07. The summed E-state index contributed by atoms with van der Waals surface area (Å²) in [7, 11) is 4.01. The molecule has 0 spiro atoms. The van der Waals surface area contributed by atoms with Crippen LogP contribution in [0.3, 0.4) is 0 Å². The van der Waals surface area contributed by atoms with Gasteiger partial charge in [0.2, 0.25) is 0 Å². The van der Waals surface area contributed by atoms with E-state index in [4.69, 9.17) is 5.10 Å². The van der Waals surface area contributed by atoms with Crippen LogP contribution in [-0.4, -0.2) is 16.8 Å². The SMILES string of the molecule is CNC(Cc1nn(C)c2ccccc12)c1ccc(I)cc1. The molecule has 1 N–H and O–H groups in total. The first-order valence-corrected chi connectivity index (χ1v) is 8.10. The first-order chi connectivity index (χ1) is 10.2. The van der Waals surface area contributed by atoms with E-state index in [1.54, 1.807) is 0 Å².